The van der Waals surface area contributed by atoms with Gasteiger partial charge < -0.3 is 10.2 Å². The van der Waals surface area contributed by atoms with Gasteiger partial charge in [0, 0.05) is 24.6 Å². The molecule has 1 saturated heterocycles. The predicted molar refractivity (Wildman–Crippen MR) is 106 cm³/mol. The topological polar surface area (TPSA) is 51.7 Å². The smallest absolute Gasteiger partial charge is 0.358 e. The van der Waals surface area contributed by atoms with Gasteiger partial charge >= 0.3 is 6.18 Å². The van der Waals surface area contributed by atoms with E-state index in [1.807, 2.05) is 6.20 Å². The molecule has 1 fully saturated rings. The van der Waals surface area contributed by atoms with Crippen molar-refractivity contribution in [3.8, 4) is 0 Å². The van der Waals surface area contributed by atoms with E-state index in [1.54, 1.807) is 30.2 Å². The van der Waals surface area contributed by atoms with E-state index in [4.69, 9.17) is 0 Å². The molecule has 1 N–H and O–H groups in total. The van der Waals surface area contributed by atoms with Crippen LogP contribution in [0.25, 0.3) is 0 Å². The van der Waals surface area contributed by atoms with E-state index in [9.17, 15) is 18.0 Å². The number of rotatable bonds is 3. The third-order valence-corrected chi connectivity index (χ3v) is 5.73. The Bertz CT molecular complexity index is 1050. The van der Waals surface area contributed by atoms with Gasteiger partial charge in [0.15, 0.2) is 6.17 Å². The lowest BCUT2D eigenvalue weighted by atomic mass is 10.1. The van der Waals surface area contributed by atoms with E-state index in [-0.39, 0.29) is 11.6 Å². The highest BCUT2D eigenvalue weighted by molar-refractivity contribution is 6.11. The number of aryl methyl sites for hydroxylation is 1. The molecule has 1 atom stereocenters. The van der Waals surface area contributed by atoms with Crippen LogP contribution in [-0.2, 0) is 11.0 Å². The molecule has 1 aromatic heterocycles. The Labute approximate surface area is 171 Å². The SMILES string of the molecule is Cc1ncccc1N1C(=O)C2NC(CN3CCC3)=CN2c2ccc(C(F)(F)F)cc21. The van der Waals surface area contributed by atoms with Crippen LogP contribution in [-0.4, -0.2) is 41.6 Å². The first-order valence-electron chi connectivity index (χ1n) is 9.78. The molecule has 30 heavy (non-hydrogen) atoms. The number of nitrogens with one attached hydrogen (secondary N) is 1. The summed E-state index contributed by atoms with van der Waals surface area (Å²) in [5.41, 5.74) is 1.86. The highest BCUT2D eigenvalue weighted by Crippen LogP contribution is 2.45. The zero-order valence-electron chi connectivity index (χ0n) is 16.3. The number of benzene rings is 1. The third-order valence-electron chi connectivity index (χ3n) is 5.73. The molecule has 3 aliphatic heterocycles. The van der Waals surface area contributed by atoms with E-state index in [0.29, 0.717) is 23.6 Å². The van der Waals surface area contributed by atoms with Crippen molar-refractivity contribution in [1.29, 1.82) is 0 Å². The second-order valence-electron chi connectivity index (χ2n) is 7.72. The summed E-state index contributed by atoms with van der Waals surface area (Å²) < 4.78 is 40.3. The van der Waals surface area contributed by atoms with E-state index >= 15 is 0 Å². The lowest BCUT2D eigenvalue weighted by molar-refractivity contribution is -0.137. The van der Waals surface area contributed by atoms with Crippen LogP contribution in [0.1, 0.15) is 17.7 Å². The van der Waals surface area contributed by atoms with Crippen LogP contribution in [0.2, 0.25) is 0 Å². The standard InChI is InChI=1S/C21H20F3N5O/c1-13-16(4-2-7-25-13)29-18-10-14(21(22,23)24)5-6-17(18)28-12-15(11-27-8-3-9-27)26-19(28)20(29)30/h2,4-7,10,12,19,26H,3,8-9,11H2,1H3. The van der Waals surface area contributed by atoms with Crippen LogP contribution >= 0.6 is 0 Å². The van der Waals surface area contributed by atoms with Crippen molar-refractivity contribution < 1.29 is 18.0 Å². The normalized spacial score (nSPS) is 21.0. The van der Waals surface area contributed by atoms with Crippen molar-refractivity contribution in [2.45, 2.75) is 25.7 Å². The Balaban J connectivity index is 1.62. The zero-order valence-corrected chi connectivity index (χ0v) is 16.3. The number of carbonyl (C=O) groups is 1. The van der Waals surface area contributed by atoms with Crippen molar-refractivity contribution in [1.82, 2.24) is 15.2 Å². The molecule has 1 amide bonds. The Hall–Kier alpha value is -3.07. The van der Waals surface area contributed by atoms with E-state index in [0.717, 1.165) is 37.3 Å². The molecule has 2 aromatic rings. The molecular weight excluding hydrogens is 395 g/mol. The van der Waals surface area contributed by atoms with Gasteiger partial charge in [0.1, 0.15) is 0 Å². The van der Waals surface area contributed by atoms with Crippen LogP contribution < -0.4 is 15.1 Å². The van der Waals surface area contributed by atoms with Crippen LogP contribution in [0.5, 0.6) is 0 Å². The number of nitrogens with zero attached hydrogens (tertiary/aromatic N) is 4. The van der Waals surface area contributed by atoms with Gasteiger partial charge in [-0.25, -0.2) is 0 Å². The average molecular weight is 415 g/mol. The fourth-order valence-corrected chi connectivity index (χ4v) is 4.08. The van der Waals surface area contributed by atoms with Crippen LogP contribution in [0.15, 0.2) is 48.4 Å². The molecule has 0 bridgehead atoms. The Kier molecular flexibility index (Phi) is 4.25. The minimum Gasteiger partial charge on any atom is -0.358 e. The van der Waals surface area contributed by atoms with Crippen molar-refractivity contribution in [2.24, 2.45) is 0 Å². The van der Waals surface area contributed by atoms with E-state index in [1.165, 1.54) is 11.0 Å². The van der Waals surface area contributed by atoms with Crippen LogP contribution in [0, 0.1) is 6.92 Å². The summed E-state index contributed by atoms with van der Waals surface area (Å²) in [4.78, 5) is 23.0. The van der Waals surface area contributed by atoms with Crippen molar-refractivity contribution >= 4 is 23.0 Å². The van der Waals surface area contributed by atoms with Crippen LogP contribution in [0.4, 0.5) is 30.2 Å². The molecule has 0 spiro atoms. The first-order valence-corrected chi connectivity index (χ1v) is 9.78. The largest absolute Gasteiger partial charge is 0.416 e. The molecule has 6 nitrogen and oxygen atoms in total. The number of likely N-dealkylation sites (tertiary alicyclic amines) is 1. The molecule has 5 rings (SSSR count). The van der Waals surface area contributed by atoms with Gasteiger partial charge in [-0.1, -0.05) is 0 Å². The molecule has 0 radical (unpaired) electrons. The minimum absolute atomic E-state index is 0.199. The highest BCUT2D eigenvalue weighted by atomic mass is 19.4. The molecule has 156 valence electrons. The van der Waals surface area contributed by atoms with Gasteiger partial charge in [-0.15, -0.1) is 0 Å². The monoisotopic (exact) mass is 415 g/mol. The summed E-state index contributed by atoms with van der Waals surface area (Å²) in [5, 5.41) is 3.26. The van der Waals surface area contributed by atoms with E-state index in [2.05, 4.69) is 15.2 Å². The van der Waals surface area contributed by atoms with Gasteiger partial charge in [0.2, 0.25) is 0 Å². The van der Waals surface area contributed by atoms with Crippen molar-refractivity contribution in [3.05, 3.63) is 59.7 Å². The van der Waals surface area contributed by atoms with Gasteiger partial charge in [-0.05, 0) is 56.8 Å². The number of fused-ring (bicyclic) bond motifs is 3. The minimum atomic E-state index is -4.51. The quantitative estimate of drug-likeness (QED) is 0.833. The number of aromatic nitrogens is 1. The maximum absolute atomic E-state index is 13.5. The summed E-state index contributed by atoms with van der Waals surface area (Å²) in [7, 11) is 0. The molecule has 0 saturated carbocycles. The summed E-state index contributed by atoms with van der Waals surface area (Å²) in [6.45, 7) is 4.43. The van der Waals surface area contributed by atoms with E-state index < -0.39 is 17.9 Å². The summed E-state index contributed by atoms with van der Waals surface area (Å²) in [6, 6.07) is 6.90. The Morgan fingerprint density at radius 1 is 1.17 bits per heavy atom. The van der Waals surface area contributed by atoms with Gasteiger partial charge in [0.25, 0.3) is 5.91 Å². The number of hydrogen-bond donors (Lipinski definition) is 1. The van der Waals surface area contributed by atoms with Crippen molar-refractivity contribution in [2.75, 3.05) is 29.4 Å². The maximum Gasteiger partial charge on any atom is 0.416 e. The number of pyridine rings is 1. The molecule has 3 aliphatic rings. The number of carbonyl (C=O) groups excluding carboxylic acids is 1. The molecule has 1 unspecified atom stereocenters. The van der Waals surface area contributed by atoms with Crippen LogP contribution in [0.3, 0.4) is 0 Å². The second-order valence-corrected chi connectivity index (χ2v) is 7.72. The second kappa shape index (κ2) is 6.73. The first kappa shape index (κ1) is 18.9. The number of hydrogen-bond acceptors (Lipinski definition) is 5. The lowest BCUT2D eigenvalue weighted by Crippen LogP contribution is -2.54. The number of amides is 1. The number of halogens is 3. The molecule has 4 heterocycles. The molecular formula is C21H20F3N5O. The molecule has 1 aromatic carbocycles. The fraction of sp³-hybridized carbons (Fsp3) is 0.333. The first-order chi connectivity index (χ1) is 14.3. The zero-order chi connectivity index (χ0) is 21.0. The summed E-state index contributed by atoms with van der Waals surface area (Å²) in [5.74, 6) is -0.340. The van der Waals surface area contributed by atoms with Gasteiger partial charge in [-0.3, -0.25) is 19.6 Å². The van der Waals surface area contributed by atoms with Gasteiger partial charge in [0.05, 0.1) is 28.3 Å². The third kappa shape index (κ3) is 3.00. The van der Waals surface area contributed by atoms with Gasteiger partial charge in [-0.2, -0.15) is 13.2 Å². The average Bonchev–Trinajstić information content (AvgIpc) is 3.10. The number of anilines is 3. The summed E-state index contributed by atoms with van der Waals surface area (Å²) in [6.07, 6.45) is -0.638. The maximum atomic E-state index is 13.5. The Morgan fingerprint density at radius 3 is 2.63 bits per heavy atom. The summed E-state index contributed by atoms with van der Waals surface area (Å²) >= 11 is 0. The van der Waals surface area contributed by atoms with Crippen molar-refractivity contribution in [3.63, 3.8) is 0 Å². The predicted octanol–water partition coefficient (Wildman–Crippen LogP) is 3.37. The lowest BCUT2D eigenvalue weighted by Gasteiger charge is -2.39. The highest BCUT2D eigenvalue weighted by Gasteiger charge is 2.44. The molecule has 9 heteroatoms. The number of alkyl halides is 3. The molecule has 0 aliphatic carbocycles. The Morgan fingerprint density at radius 2 is 1.97 bits per heavy atom. The fourth-order valence-electron chi connectivity index (χ4n) is 4.08.